The summed E-state index contributed by atoms with van der Waals surface area (Å²) in [6.07, 6.45) is -4.51. The standard InChI is InChI=1S/C10H12F3NO3S/c1-2-7-18(15,16)14-8-5-3-4-6-9(8)17-10(11,12)13/h3-6,14H,2,7H2,1H3. The highest BCUT2D eigenvalue weighted by atomic mass is 32.2. The van der Waals surface area contributed by atoms with Gasteiger partial charge < -0.3 is 4.74 Å². The predicted octanol–water partition coefficient (Wildman–Crippen LogP) is 2.74. The molecule has 102 valence electrons. The molecular formula is C10H12F3NO3S. The summed E-state index contributed by atoms with van der Waals surface area (Å²) in [5, 5.41) is 0. The molecule has 0 aliphatic carbocycles. The fourth-order valence-electron chi connectivity index (χ4n) is 1.25. The van der Waals surface area contributed by atoms with Crippen molar-refractivity contribution < 1.29 is 26.3 Å². The van der Waals surface area contributed by atoms with E-state index in [1.165, 1.54) is 18.2 Å². The number of halogens is 3. The number of benzene rings is 1. The van der Waals surface area contributed by atoms with Crippen molar-refractivity contribution in [2.24, 2.45) is 0 Å². The summed E-state index contributed by atoms with van der Waals surface area (Å²) in [5.41, 5.74) is -0.233. The lowest BCUT2D eigenvalue weighted by Crippen LogP contribution is -2.20. The van der Waals surface area contributed by atoms with Crippen molar-refractivity contribution in [3.63, 3.8) is 0 Å². The van der Waals surface area contributed by atoms with Crippen molar-refractivity contribution in [3.8, 4) is 5.75 Å². The van der Waals surface area contributed by atoms with E-state index in [0.717, 1.165) is 6.07 Å². The lowest BCUT2D eigenvalue weighted by Gasteiger charge is -2.14. The maximum absolute atomic E-state index is 12.1. The van der Waals surface area contributed by atoms with E-state index in [2.05, 4.69) is 9.46 Å². The molecule has 0 aromatic heterocycles. The van der Waals surface area contributed by atoms with Crippen LogP contribution in [-0.4, -0.2) is 20.5 Å². The molecule has 1 aromatic rings. The minimum absolute atomic E-state index is 0.173. The average molecular weight is 283 g/mol. The van der Waals surface area contributed by atoms with E-state index in [4.69, 9.17) is 0 Å². The minimum atomic E-state index is -4.87. The Morgan fingerprint density at radius 3 is 2.44 bits per heavy atom. The minimum Gasteiger partial charge on any atom is -0.404 e. The molecule has 1 aromatic carbocycles. The first kappa shape index (κ1) is 14.6. The molecule has 0 aliphatic rings. The average Bonchev–Trinajstić information content (AvgIpc) is 2.18. The molecule has 0 bridgehead atoms. The Balaban J connectivity index is 2.96. The zero-order chi connectivity index (χ0) is 13.8. The number of rotatable bonds is 5. The first-order chi connectivity index (χ1) is 8.23. The van der Waals surface area contributed by atoms with Crippen molar-refractivity contribution in [3.05, 3.63) is 24.3 Å². The molecule has 0 heterocycles. The third-order valence-corrected chi connectivity index (χ3v) is 3.33. The van der Waals surface area contributed by atoms with Gasteiger partial charge in [-0.1, -0.05) is 19.1 Å². The van der Waals surface area contributed by atoms with Gasteiger partial charge in [-0.25, -0.2) is 8.42 Å². The van der Waals surface area contributed by atoms with Gasteiger partial charge in [0.05, 0.1) is 11.4 Å². The molecule has 1 rings (SSSR count). The molecule has 0 saturated heterocycles. The Morgan fingerprint density at radius 1 is 1.28 bits per heavy atom. The van der Waals surface area contributed by atoms with E-state index in [0.29, 0.717) is 6.42 Å². The van der Waals surface area contributed by atoms with E-state index < -0.39 is 22.1 Å². The predicted molar refractivity (Wildman–Crippen MR) is 60.8 cm³/mol. The number of sulfonamides is 1. The smallest absolute Gasteiger partial charge is 0.404 e. The van der Waals surface area contributed by atoms with Gasteiger partial charge in [0, 0.05) is 0 Å². The molecule has 0 fully saturated rings. The van der Waals surface area contributed by atoms with Crippen molar-refractivity contribution >= 4 is 15.7 Å². The van der Waals surface area contributed by atoms with Crippen molar-refractivity contribution in [1.82, 2.24) is 0 Å². The third-order valence-electron chi connectivity index (χ3n) is 1.85. The van der Waals surface area contributed by atoms with E-state index in [1.807, 2.05) is 0 Å². The lowest BCUT2D eigenvalue weighted by atomic mass is 10.3. The number of nitrogens with one attached hydrogen (secondary N) is 1. The highest BCUT2D eigenvalue weighted by molar-refractivity contribution is 7.92. The highest BCUT2D eigenvalue weighted by Crippen LogP contribution is 2.30. The van der Waals surface area contributed by atoms with Crippen LogP contribution in [0.15, 0.2) is 24.3 Å². The first-order valence-electron chi connectivity index (χ1n) is 5.09. The van der Waals surface area contributed by atoms with Crippen LogP contribution >= 0.6 is 0 Å². The van der Waals surface area contributed by atoms with Gasteiger partial charge in [-0.2, -0.15) is 0 Å². The van der Waals surface area contributed by atoms with Gasteiger partial charge in [-0.3, -0.25) is 4.72 Å². The zero-order valence-corrected chi connectivity index (χ0v) is 10.3. The molecule has 0 spiro atoms. The normalized spacial score (nSPS) is 12.2. The van der Waals surface area contributed by atoms with Gasteiger partial charge in [0.1, 0.15) is 0 Å². The van der Waals surface area contributed by atoms with E-state index in [9.17, 15) is 21.6 Å². The Bertz CT molecular complexity index is 499. The van der Waals surface area contributed by atoms with Crippen LogP contribution in [-0.2, 0) is 10.0 Å². The first-order valence-corrected chi connectivity index (χ1v) is 6.74. The second-order valence-electron chi connectivity index (χ2n) is 3.46. The summed E-state index contributed by atoms with van der Waals surface area (Å²) in [7, 11) is -3.66. The van der Waals surface area contributed by atoms with Crippen molar-refractivity contribution in [1.29, 1.82) is 0 Å². The maximum atomic E-state index is 12.1. The summed E-state index contributed by atoms with van der Waals surface area (Å²) in [4.78, 5) is 0. The van der Waals surface area contributed by atoms with Crippen LogP contribution in [0.25, 0.3) is 0 Å². The van der Waals surface area contributed by atoms with Crippen LogP contribution in [0.3, 0.4) is 0 Å². The Labute approximate surface area is 103 Å². The SMILES string of the molecule is CCCS(=O)(=O)Nc1ccccc1OC(F)(F)F. The van der Waals surface area contributed by atoms with E-state index in [-0.39, 0.29) is 11.4 Å². The van der Waals surface area contributed by atoms with Crippen LogP contribution in [0.2, 0.25) is 0 Å². The zero-order valence-electron chi connectivity index (χ0n) is 9.49. The molecule has 1 N–H and O–H groups in total. The number of anilines is 1. The van der Waals surface area contributed by atoms with Crippen molar-refractivity contribution in [2.75, 3.05) is 10.5 Å². The number of alkyl halides is 3. The van der Waals surface area contributed by atoms with Crippen LogP contribution in [0.1, 0.15) is 13.3 Å². The summed E-state index contributed by atoms with van der Waals surface area (Å²) in [6.45, 7) is 1.65. The number of hydrogen-bond donors (Lipinski definition) is 1. The fourth-order valence-corrected chi connectivity index (χ4v) is 2.40. The molecule has 0 saturated carbocycles. The highest BCUT2D eigenvalue weighted by Gasteiger charge is 2.32. The molecule has 0 atom stereocenters. The molecule has 8 heteroatoms. The van der Waals surface area contributed by atoms with E-state index >= 15 is 0 Å². The topological polar surface area (TPSA) is 55.4 Å². The number of ether oxygens (including phenoxy) is 1. The Kier molecular flexibility index (Phi) is 4.44. The molecule has 18 heavy (non-hydrogen) atoms. The lowest BCUT2D eigenvalue weighted by molar-refractivity contribution is -0.274. The second-order valence-corrected chi connectivity index (χ2v) is 5.31. The van der Waals surface area contributed by atoms with Gasteiger partial charge in [0.25, 0.3) is 0 Å². The van der Waals surface area contributed by atoms with Crippen LogP contribution in [0, 0.1) is 0 Å². The van der Waals surface area contributed by atoms with Gasteiger partial charge in [0.2, 0.25) is 10.0 Å². The van der Waals surface area contributed by atoms with E-state index in [1.54, 1.807) is 6.92 Å². The van der Waals surface area contributed by atoms with Crippen LogP contribution in [0.4, 0.5) is 18.9 Å². The molecule has 0 unspecified atom stereocenters. The number of para-hydroxylation sites is 2. The molecule has 0 aliphatic heterocycles. The second kappa shape index (κ2) is 5.47. The summed E-state index contributed by atoms with van der Waals surface area (Å²) >= 11 is 0. The molecule has 4 nitrogen and oxygen atoms in total. The summed E-state index contributed by atoms with van der Waals surface area (Å²) in [5.74, 6) is -0.752. The van der Waals surface area contributed by atoms with Crippen molar-refractivity contribution in [2.45, 2.75) is 19.7 Å². The van der Waals surface area contributed by atoms with Gasteiger partial charge in [-0.15, -0.1) is 13.2 Å². The Hall–Kier alpha value is -1.44. The molecule has 0 amide bonds. The largest absolute Gasteiger partial charge is 0.573 e. The maximum Gasteiger partial charge on any atom is 0.573 e. The fraction of sp³-hybridized carbons (Fsp3) is 0.400. The monoisotopic (exact) mass is 283 g/mol. The quantitative estimate of drug-likeness (QED) is 0.904. The molecular weight excluding hydrogens is 271 g/mol. The Morgan fingerprint density at radius 2 is 1.89 bits per heavy atom. The van der Waals surface area contributed by atoms with Gasteiger partial charge >= 0.3 is 6.36 Å². The summed E-state index contributed by atoms with van der Waals surface area (Å²) in [6, 6.07) is 4.97. The number of hydrogen-bond acceptors (Lipinski definition) is 3. The van der Waals surface area contributed by atoms with Crippen LogP contribution in [0.5, 0.6) is 5.75 Å². The third kappa shape index (κ3) is 4.82. The van der Waals surface area contributed by atoms with Gasteiger partial charge in [0.15, 0.2) is 5.75 Å². The van der Waals surface area contributed by atoms with Crippen LogP contribution < -0.4 is 9.46 Å². The molecule has 0 radical (unpaired) electrons. The van der Waals surface area contributed by atoms with Gasteiger partial charge in [-0.05, 0) is 18.6 Å². The summed E-state index contributed by atoms with van der Waals surface area (Å²) < 4.78 is 65.0.